The fourth-order valence-electron chi connectivity index (χ4n) is 2.45. The van der Waals surface area contributed by atoms with Crippen molar-refractivity contribution in [1.29, 1.82) is 0 Å². The summed E-state index contributed by atoms with van der Waals surface area (Å²) < 4.78 is 6.57. The van der Waals surface area contributed by atoms with Gasteiger partial charge in [0.15, 0.2) is 0 Å². The van der Waals surface area contributed by atoms with Gasteiger partial charge in [-0.15, -0.1) is 0 Å². The molecule has 1 aromatic carbocycles. The molecule has 5 heteroatoms. The Hall–Kier alpha value is -1.07. The fourth-order valence-corrected chi connectivity index (χ4v) is 2.71. The summed E-state index contributed by atoms with van der Waals surface area (Å²) >= 11 is 3.37. The van der Waals surface area contributed by atoms with Crippen molar-refractivity contribution in [2.75, 3.05) is 13.2 Å². The average Bonchev–Trinajstić information content (AvgIpc) is 2.46. The van der Waals surface area contributed by atoms with Crippen molar-refractivity contribution in [2.24, 2.45) is 5.73 Å². The van der Waals surface area contributed by atoms with E-state index in [9.17, 15) is 4.79 Å². The highest BCUT2D eigenvalue weighted by molar-refractivity contribution is 9.10. The minimum atomic E-state index is -0.671. The molecule has 4 nitrogen and oxygen atoms in total. The number of nitrogens with one attached hydrogen (secondary N) is 1. The average molecular weight is 341 g/mol. The van der Waals surface area contributed by atoms with Gasteiger partial charge in [-0.25, -0.2) is 0 Å². The monoisotopic (exact) mass is 340 g/mol. The van der Waals surface area contributed by atoms with Crippen LogP contribution in [0.4, 0.5) is 0 Å². The molecule has 1 aromatic rings. The topological polar surface area (TPSA) is 64.4 Å². The van der Waals surface area contributed by atoms with Gasteiger partial charge in [0.2, 0.25) is 5.91 Å². The van der Waals surface area contributed by atoms with Gasteiger partial charge < -0.3 is 15.8 Å². The first kappa shape index (κ1) is 15.3. The third kappa shape index (κ3) is 4.21. The predicted octanol–water partition coefficient (Wildman–Crippen LogP) is 2.61. The minimum absolute atomic E-state index is 0.0448. The summed E-state index contributed by atoms with van der Waals surface area (Å²) in [4.78, 5) is 12.1. The Morgan fingerprint density at radius 3 is 2.55 bits per heavy atom. The number of rotatable bonds is 5. The molecule has 2 rings (SSSR count). The SMILES string of the molecule is NC1(C(=O)NCCOc2ccc(Br)cc2)CCCCC1. The van der Waals surface area contributed by atoms with Crippen molar-refractivity contribution in [2.45, 2.75) is 37.6 Å². The molecule has 0 atom stereocenters. The van der Waals surface area contributed by atoms with Crippen LogP contribution in [0.2, 0.25) is 0 Å². The van der Waals surface area contributed by atoms with Crippen molar-refractivity contribution < 1.29 is 9.53 Å². The van der Waals surface area contributed by atoms with E-state index in [-0.39, 0.29) is 5.91 Å². The third-order valence-corrected chi connectivity index (χ3v) is 4.20. The van der Waals surface area contributed by atoms with Crippen LogP contribution >= 0.6 is 15.9 Å². The van der Waals surface area contributed by atoms with Gasteiger partial charge >= 0.3 is 0 Å². The van der Waals surface area contributed by atoms with E-state index < -0.39 is 5.54 Å². The van der Waals surface area contributed by atoms with Crippen molar-refractivity contribution in [3.63, 3.8) is 0 Å². The van der Waals surface area contributed by atoms with Crippen molar-refractivity contribution in [3.8, 4) is 5.75 Å². The van der Waals surface area contributed by atoms with Gasteiger partial charge in [0.25, 0.3) is 0 Å². The third-order valence-electron chi connectivity index (χ3n) is 3.67. The minimum Gasteiger partial charge on any atom is -0.492 e. The molecule has 1 amide bonds. The number of benzene rings is 1. The summed E-state index contributed by atoms with van der Waals surface area (Å²) in [7, 11) is 0. The van der Waals surface area contributed by atoms with Crippen LogP contribution in [-0.4, -0.2) is 24.6 Å². The molecule has 1 aliphatic rings. The molecule has 110 valence electrons. The van der Waals surface area contributed by atoms with E-state index in [0.29, 0.717) is 13.2 Å². The quantitative estimate of drug-likeness (QED) is 0.809. The maximum absolute atomic E-state index is 12.1. The number of hydrogen-bond donors (Lipinski definition) is 2. The predicted molar refractivity (Wildman–Crippen MR) is 82.7 cm³/mol. The molecular formula is C15H21BrN2O2. The van der Waals surface area contributed by atoms with E-state index in [1.54, 1.807) is 0 Å². The van der Waals surface area contributed by atoms with Crippen LogP contribution in [0, 0.1) is 0 Å². The van der Waals surface area contributed by atoms with Crippen molar-refractivity contribution in [3.05, 3.63) is 28.7 Å². The molecule has 0 radical (unpaired) electrons. The number of amides is 1. The summed E-state index contributed by atoms with van der Waals surface area (Å²) in [6, 6.07) is 7.62. The molecule has 1 aliphatic carbocycles. The molecule has 0 bridgehead atoms. The Kier molecular flexibility index (Phi) is 5.43. The molecule has 1 fully saturated rings. The zero-order valence-corrected chi connectivity index (χ0v) is 13.1. The first-order chi connectivity index (χ1) is 9.60. The Balaban J connectivity index is 1.70. The molecule has 20 heavy (non-hydrogen) atoms. The summed E-state index contributed by atoms with van der Waals surface area (Å²) in [5, 5.41) is 2.88. The standard InChI is InChI=1S/C15H21BrN2O2/c16-12-4-6-13(7-5-12)20-11-10-18-14(19)15(17)8-2-1-3-9-15/h4-7H,1-3,8-11,17H2,(H,18,19). The van der Waals surface area contributed by atoms with E-state index in [2.05, 4.69) is 21.2 Å². The highest BCUT2D eigenvalue weighted by Gasteiger charge is 2.34. The van der Waals surface area contributed by atoms with Gasteiger partial charge in [-0.2, -0.15) is 0 Å². The van der Waals surface area contributed by atoms with Gasteiger partial charge in [-0.05, 0) is 37.1 Å². The Labute approximate surface area is 128 Å². The summed E-state index contributed by atoms with van der Waals surface area (Å²) in [5.74, 6) is 0.749. The number of carbonyl (C=O) groups is 1. The van der Waals surface area contributed by atoms with Crippen molar-refractivity contribution >= 4 is 21.8 Å². The van der Waals surface area contributed by atoms with Gasteiger partial charge in [-0.1, -0.05) is 35.2 Å². The highest BCUT2D eigenvalue weighted by atomic mass is 79.9. The number of nitrogens with two attached hydrogens (primary N) is 1. The Morgan fingerprint density at radius 1 is 1.25 bits per heavy atom. The number of hydrogen-bond acceptors (Lipinski definition) is 3. The van der Waals surface area contributed by atoms with Crippen LogP contribution in [0.3, 0.4) is 0 Å². The van der Waals surface area contributed by atoms with E-state index in [1.165, 1.54) is 6.42 Å². The number of carbonyl (C=O) groups excluding carboxylic acids is 1. The molecule has 0 saturated heterocycles. The largest absolute Gasteiger partial charge is 0.492 e. The van der Waals surface area contributed by atoms with Crippen LogP contribution in [0.25, 0.3) is 0 Å². The lowest BCUT2D eigenvalue weighted by Crippen LogP contribution is -2.55. The summed E-state index contributed by atoms with van der Waals surface area (Å²) in [6.45, 7) is 0.928. The summed E-state index contributed by atoms with van der Waals surface area (Å²) in [6.07, 6.45) is 4.83. The lowest BCUT2D eigenvalue weighted by atomic mass is 9.82. The molecule has 0 heterocycles. The molecule has 0 spiro atoms. The maximum atomic E-state index is 12.1. The summed E-state index contributed by atoms with van der Waals surface area (Å²) in [5.41, 5.74) is 5.48. The molecule has 0 aromatic heterocycles. The molecule has 0 aliphatic heterocycles. The molecule has 3 N–H and O–H groups in total. The number of ether oxygens (including phenoxy) is 1. The van der Waals surface area contributed by atoms with Gasteiger partial charge in [0, 0.05) is 4.47 Å². The normalized spacial score (nSPS) is 17.5. The van der Waals surface area contributed by atoms with Crippen LogP contribution in [0.5, 0.6) is 5.75 Å². The van der Waals surface area contributed by atoms with Gasteiger partial charge in [-0.3, -0.25) is 4.79 Å². The van der Waals surface area contributed by atoms with Gasteiger partial charge in [0.1, 0.15) is 12.4 Å². The fraction of sp³-hybridized carbons (Fsp3) is 0.533. The first-order valence-electron chi connectivity index (χ1n) is 7.06. The maximum Gasteiger partial charge on any atom is 0.240 e. The lowest BCUT2D eigenvalue weighted by molar-refractivity contribution is -0.127. The van der Waals surface area contributed by atoms with Crippen LogP contribution < -0.4 is 15.8 Å². The first-order valence-corrected chi connectivity index (χ1v) is 7.85. The van der Waals surface area contributed by atoms with Crippen molar-refractivity contribution in [1.82, 2.24) is 5.32 Å². The smallest absolute Gasteiger partial charge is 0.240 e. The zero-order valence-electron chi connectivity index (χ0n) is 11.5. The highest BCUT2D eigenvalue weighted by Crippen LogP contribution is 2.25. The van der Waals surface area contributed by atoms with E-state index >= 15 is 0 Å². The van der Waals surface area contributed by atoms with Crippen LogP contribution in [0.15, 0.2) is 28.7 Å². The second-order valence-electron chi connectivity index (χ2n) is 5.28. The van der Waals surface area contributed by atoms with E-state index in [4.69, 9.17) is 10.5 Å². The number of halogens is 1. The van der Waals surface area contributed by atoms with Crippen LogP contribution in [-0.2, 0) is 4.79 Å². The van der Waals surface area contributed by atoms with E-state index in [1.807, 2.05) is 24.3 Å². The second-order valence-corrected chi connectivity index (χ2v) is 6.19. The van der Waals surface area contributed by atoms with E-state index in [0.717, 1.165) is 35.9 Å². The second kappa shape index (κ2) is 7.09. The lowest BCUT2D eigenvalue weighted by Gasteiger charge is -2.31. The van der Waals surface area contributed by atoms with Crippen LogP contribution in [0.1, 0.15) is 32.1 Å². The zero-order chi connectivity index (χ0) is 14.4. The van der Waals surface area contributed by atoms with Gasteiger partial charge in [0.05, 0.1) is 12.1 Å². The molecular weight excluding hydrogens is 320 g/mol. The Bertz CT molecular complexity index is 442. The molecule has 0 unspecified atom stereocenters. The molecule has 1 saturated carbocycles. The Morgan fingerprint density at radius 2 is 1.90 bits per heavy atom.